The number of hydrogen-bond acceptors (Lipinski definition) is 4. The van der Waals surface area contributed by atoms with E-state index in [4.69, 9.17) is 11.6 Å². The molecule has 0 heterocycles. The van der Waals surface area contributed by atoms with Crippen molar-refractivity contribution in [2.45, 2.75) is 31.8 Å². The number of benzene rings is 1. The van der Waals surface area contributed by atoms with Gasteiger partial charge >= 0.3 is 0 Å². The maximum absolute atomic E-state index is 12.5. The summed E-state index contributed by atoms with van der Waals surface area (Å²) in [6, 6.07) is 4.18. The van der Waals surface area contributed by atoms with Gasteiger partial charge in [0.25, 0.3) is 11.6 Å². The van der Waals surface area contributed by atoms with Gasteiger partial charge in [0.1, 0.15) is 5.56 Å². The van der Waals surface area contributed by atoms with E-state index in [0.717, 1.165) is 25.7 Å². The van der Waals surface area contributed by atoms with Crippen molar-refractivity contribution >= 4 is 23.2 Å². The van der Waals surface area contributed by atoms with E-state index in [0.29, 0.717) is 6.54 Å². The molecule has 1 aromatic carbocycles. The Morgan fingerprint density at radius 1 is 1.45 bits per heavy atom. The average molecular weight is 327 g/mol. The minimum Gasteiger partial charge on any atom is -0.393 e. The van der Waals surface area contributed by atoms with Crippen LogP contribution in [0.5, 0.6) is 0 Å². The van der Waals surface area contributed by atoms with Crippen molar-refractivity contribution < 1.29 is 14.8 Å². The summed E-state index contributed by atoms with van der Waals surface area (Å²) < 4.78 is 0. The molecule has 1 aromatic rings. The number of halogens is 1. The Morgan fingerprint density at radius 2 is 2.14 bits per heavy atom. The molecule has 0 aliphatic heterocycles. The number of amides is 1. The fourth-order valence-electron chi connectivity index (χ4n) is 2.90. The molecule has 2 atom stereocenters. The van der Waals surface area contributed by atoms with Crippen LogP contribution in [0.2, 0.25) is 5.02 Å². The number of nitro benzene ring substituents is 1. The van der Waals surface area contributed by atoms with Crippen molar-refractivity contribution in [3.05, 3.63) is 38.9 Å². The summed E-state index contributed by atoms with van der Waals surface area (Å²) in [5.41, 5.74) is -0.393. The van der Waals surface area contributed by atoms with E-state index in [9.17, 15) is 20.0 Å². The highest BCUT2D eigenvalue weighted by Crippen LogP contribution is 2.29. The topological polar surface area (TPSA) is 83.7 Å². The van der Waals surface area contributed by atoms with Gasteiger partial charge in [0.15, 0.2) is 0 Å². The molecule has 1 N–H and O–H groups in total. The maximum Gasteiger partial charge on any atom is 0.283 e. The maximum atomic E-state index is 12.5. The van der Waals surface area contributed by atoms with E-state index in [2.05, 4.69) is 0 Å². The third-order valence-corrected chi connectivity index (χ3v) is 4.44. The van der Waals surface area contributed by atoms with E-state index in [-0.39, 0.29) is 22.2 Å². The molecule has 1 amide bonds. The van der Waals surface area contributed by atoms with Crippen LogP contribution in [0.4, 0.5) is 5.69 Å². The van der Waals surface area contributed by atoms with Crippen molar-refractivity contribution in [3.63, 3.8) is 0 Å². The standard InChI is InChI=1S/C15H19ClN2O4/c1-17(9-10-5-2-3-8-13(10)19)15(20)14-11(16)6-4-7-12(14)18(21)22/h4,6-7,10,13,19H,2-3,5,8-9H2,1H3. The molecule has 1 aliphatic carbocycles. The lowest BCUT2D eigenvalue weighted by Crippen LogP contribution is -2.38. The van der Waals surface area contributed by atoms with E-state index < -0.39 is 16.9 Å². The number of nitrogens with zero attached hydrogens (tertiary/aromatic N) is 2. The minimum absolute atomic E-state index is 0.00393. The van der Waals surface area contributed by atoms with E-state index >= 15 is 0 Å². The van der Waals surface area contributed by atoms with Crippen molar-refractivity contribution in [2.75, 3.05) is 13.6 Å². The van der Waals surface area contributed by atoms with Gasteiger partial charge in [-0.1, -0.05) is 30.5 Å². The highest BCUT2D eigenvalue weighted by atomic mass is 35.5. The molecule has 0 saturated heterocycles. The van der Waals surface area contributed by atoms with Crippen LogP contribution >= 0.6 is 11.6 Å². The molecule has 120 valence electrons. The fourth-order valence-corrected chi connectivity index (χ4v) is 3.15. The van der Waals surface area contributed by atoms with Crippen LogP contribution in [0.1, 0.15) is 36.0 Å². The molecule has 1 saturated carbocycles. The number of aliphatic hydroxyl groups is 1. The highest BCUT2D eigenvalue weighted by molar-refractivity contribution is 6.34. The summed E-state index contributed by atoms with van der Waals surface area (Å²) in [7, 11) is 1.58. The second-order valence-corrected chi connectivity index (χ2v) is 6.10. The van der Waals surface area contributed by atoms with Gasteiger partial charge in [-0.2, -0.15) is 0 Å². The number of hydrogen-bond donors (Lipinski definition) is 1. The van der Waals surface area contributed by atoms with Gasteiger partial charge in [-0.3, -0.25) is 14.9 Å². The lowest BCUT2D eigenvalue weighted by molar-refractivity contribution is -0.385. The zero-order chi connectivity index (χ0) is 16.3. The van der Waals surface area contributed by atoms with Gasteiger partial charge in [-0.25, -0.2) is 0 Å². The van der Waals surface area contributed by atoms with Crippen molar-refractivity contribution in [2.24, 2.45) is 5.92 Å². The predicted octanol–water partition coefficient (Wildman–Crippen LogP) is 2.87. The first-order valence-electron chi connectivity index (χ1n) is 7.28. The number of nitro groups is 1. The zero-order valence-corrected chi connectivity index (χ0v) is 13.1. The Balaban J connectivity index is 2.19. The number of carbonyl (C=O) groups is 1. The average Bonchev–Trinajstić information content (AvgIpc) is 2.48. The van der Waals surface area contributed by atoms with E-state index in [1.165, 1.54) is 23.1 Å². The molecule has 6 nitrogen and oxygen atoms in total. The van der Waals surface area contributed by atoms with Crippen LogP contribution < -0.4 is 0 Å². The number of rotatable bonds is 4. The summed E-state index contributed by atoms with van der Waals surface area (Å²) in [6.45, 7) is 0.363. The van der Waals surface area contributed by atoms with Crippen LogP contribution in [-0.4, -0.2) is 40.5 Å². The largest absolute Gasteiger partial charge is 0.393 e. The summed E-state index contributed by atoms with van der Waals surface area (Å²) in [5.74, 6) is -0.487. The van der Waals surface area contributed by atoms with Crippen molar-refractivity contribution in [3.8, 4) is 0 Å². The van der Waals surface area contributed by atoms with Gasteiger partial charge in [-0.05, 0) is 18.9 Å². The molecule has 1 aliphatic rings. The molecule has 22 heavy (non-hydrogen) atoms. The number of carbonyl (C=O) groups excluding carboxylic acids is 1. The molecule has 7 heteroatoms. The second kappa shape index (κ2) is 7.07. The molecule has 2 rings (SSSR count). The molecule has 0 radical (unpaired) electrons. The van der Waals surface area contributed by atoms with Gasteiger partial charge in [0.2, 0.25) is 0 Å². The zero-order valence-electron chi connectivity index (χ0n) is 12.4. The first-order valence-corrected chi connectivity index (χ1v) is 7.66. The van der Waals surface area contributed by atoms with Crippen molar-refractivity contribution in [1.29, 1.82) is 0 Å². The Labute approximate surface area is 133 Å². The van der Waals surface area contributed by atoms with E-state index in [1.54, 1.807) is 7.05 Å². The van der Waals surface area contributed by atoms with Crippen LogP contribution in [0.25, 0.3) is 0 Å². The molecular formula is C15H19ClN2O4. The quantitative estimate of drug-likeness (QED) is 0.681. The number of aliphatic hydroxyl groups excluding tert-OH is 1. The molecule has 1 fully saturated rings. The molecule has 0 spiro atoms. The SMILES string of the molecule is CN(CC1CCCCC1O)C(=O)c1c(Cl)cccc1[N+](=O)[O-]. The monoisotopic (exact) mass is 326 g/mol. The van der Waals surface area contributed by atoms with Gasteiger partial charge in [0.05, 0.1) is 16.0 Å². The van der Waals surface area contributed by atoms with Crippen LogP contribution in [-0.2, 0) is 0 Å². The first kappa shape index (κ1) is 16.7. The Morgan fingerprint density at radius 3 is 2.77 bits per heavy atom. The van der Waals surface area contributed by atoms with E-state index in [1.807, 2.05) is 0 Å². The predicted molar refractivity (Wildman–Crippen MR) is 83.0 cm³/mol. The third kappa shape index (κ3) is 3.56. The van der Waals surface area contributed by atoms with Gasteiger partial charge in [-0.15, -0.1) is 0 Å². The Kier molecular flexibility index (Phi) is 5.37. The lowest BCUT2D eigenvalue weighted by Gasteiger charge is -2.31. The van der Waals surface area contributed by atoms with Crippen LogP contribution in [0.3, 0.4) is 0 Å². The summed E-state index contributed by atoms with van der Waals surface area (Å²) >= 11 is 5.98. The molecule has 2 unspecified atom stereocenters. The third-order valence-electron chi connectivity index (χ3n) is 4.13. The smallest absolute Gasteiger partial charge is 0.283 e. The Bertz CT molecular complexity index is 579. The molecule has 0 aromatic heterocycles. The normalized spacial score (nSPS) is 21.4. The van der Waals surface area contributed by atoms with Gasteiger partial charge < -0.3 is 10.0 Å². The second-order valence-electron chi connectivity index (χ2n) is 5.69. The summed E-state index contributed by atoms with van der Waals surface area (Å²) in [6.07, 6.45) is 3.18. The summed E-state index contributed by atoms with van der Waals surface area (Å²) in [4.78, 5) is 24.4. The molecular weight excluding hydrogens is 308 g/mol. The fraction of sp³-hybridized carbons (Fsp3) is 0.533. The van der Waals surface area contributed by atoms with Crippen molar-refractivity contribution in [1.82, 2.24) is 4.90 Å². The van der Waals surface area contributed by atoms with Gasteiger partial charge in [0, 0.05) is 25.6 Å². The molecule has 0 bridgehead atoms. The van der Waals surface area contributed by atoms with Crippen LogP contribution in [0, 0.1) is 16.0 Å². The highest BCUT2D eigenvalue weighted by Gasteiger charge is 2.29. The first-order chi connectivity index (χ1) is 10.4. The lowest BCUT2D eigenvalue weighted by atomic mass is 9.86. The van der Waals surface area contributed by atoms with Crippen LogP contribution in [0.15, 0.2) is 18.2 Å². The minimum atomic E-state index is -0.609. The summed E-state index contributed by atoms with van der Waals surface area (Å²) in [5, 5.41) is 21.1. The Hall–Kier alpha value is -1.66.